The van der Waals surface area contributed by atoms with Gasteiger partial charge in [-0.3, -0.25) is 0 Å². The fourth-order valence-electron chi connectivity index (χ4n) is 1.84. The summed E-state index contributed by atoms with van der Waals surface area (Å²) in [5.41, 5.74) is 8.27. The fraction of sp³-hybridized carbons (Fsp3) is 0.133. The molecule has 104 valence electrons. The molecule has 0 radical (unpaired) electrons. The lowest BCUT2D eigenvalue weighted by Gasteiger charge is -2.09. The molecule has 0 saturated heterocycles. The second-order valence-corrected chi connectivity index (χ2v) is 4.27. The summed E-state index contributed by atoms with van der Waals surface area (Å²) in [6, 6.07) is 15.2. The van der Waals surface area contributed by atoms with Crippen LogP contribution >= 0.6 is 0 Å². The number of rotatable bonds is 5. The molecule has 0 unspecified atom stereocenters. The van der Waals surface area contributed by atoms with Gasteiger partial charge in [0, 0.05) is 23.9 Å². The van der Waals surface area contributed by atoms with Crippen LogP contribution in [0.25, 0.3) is 0 Å². The van der Waals surface area contributed by atoms with Crippen LogP contribution in [0.1, 0.15) is 11.1 Å². The van der Waals surface area contributed by atoms with Crippen molar-refractivity contribution < 1.29 is 9.94 Å². The zero-order valence-corrected chi connectivity index (χ0v) is 11.2. The van der Waals surface area contributed by atoms with Gasteiger partial charge in [-0.1, -0.05) is 29.4 Å². The Morgan fingerprint density at radius 1 is 1.25 bits per heavy atom. The molecular weight excluding hydrogens is 254 g/mol. The van der Waals surface area contributed by atoms with Crippen LogP contribution < -0.4 is 15.8 Å². The second-order valence-electron chi connectivity index (χ2n) is 4.27. The Morgan fingerprint density at radius 2 is 2.05 bits per heavy atom. The first-order valence-corrected chi connectivity index (χ1v) is 6.17. The average Bonchev–Trinajstić information content (AvgIpc) is 2.52. The number of benzene rings is 2. The Kier molecular flexibility index (Phi) is 4.44. The van der Waals surface area contributed by atoms with Gasteiger partial charge < -0.3 is 21.0 Å². The van der Waals surface area contributed by atoms with Gasteiger partial charge in [-0.15, -0.1) is 0 Å². The topological polar surface area (TPSA) is 79.9 Å². The van der Waals surface area contributed by atoms with Crippen LogP contribution in [0.5, 0.6) is 5.75 Å². The quantitative estimate of drug-likeness (QED) is 0.337. The third-order valence-electron chi connectivity index (χ3n) is 2.90. The summed E-state index contributed by atoms with van der Waals surface area (Å²) in [5, 5.41) is 15.0. The van der Waals surface area contributed by atoms with Crippen LogP contribution in [-0.4, -0.2) is 18.2 Å². The number of hydrogen-bond donors (Lipinski definition) is 3. The van der Waals surface area contributed by atoms with Crippen LogP contribution in [0.2, 0.25) is 0 Å². The monoisotopic (exact) mass is 271 g/mol. The molecule has 2 aromatic carbocycles. The molecule has 0 aliphatic rings. The number of ether oxygens (including phenoxy) is 1. The van der Waals surface area contributed by atoms with Crippen molar-refractivity contribution in [1.82, 2.24) is 0 Å². The zero-order chi connectivity index (χ0) is 14.4. The van der Waals surface area contributed by atoms with E-state index in [1.54, 1.807) is 13.2 Å². The molecule has 0 aromatic heterocycles. The first-order chi connectivity index (χ1) is 9.72. The SMILES string of the molecule is COc1cccc(NCc2cccc(C(N)=NO)c2)c1. The molecule has 2 rings (SSSR count). The molecule has 4 N–H and O–H groups in total. The first-order valence-electron chi connectivity index (χ1n) is 6.17. The van der Waals surface area contributed by atoms with Crippen LogP contribution in [0, 0.1) is 0 Å². The third kappa shape index (κ3) is 3.41. The minimum absolute atomic E-state index is 0.105. The fourth-order valence-corrected chi connectivity index (χ4v) is 1.84. The van der Waals surface area contributed by atoms with Gasteiger partial charge in [0.2, 0.25) is 0 Å². The average molecular weight is 271 g/mol. The molecule has 5 nitrogen and oxygen atoms in total. The van der Waals surface area contributed by atoms with Gasteiger partial charge in [-0.05, 0) is 23.8 Å². The number of nitrogens with two attached hydrogens (primary N) is 1. The van der Waals surface area contributed by atoms with E-state index < -0.39 is 0 Å². The van der Waals surface area contributed by atoms with E-state index in [1.165, 1.54) is 0 Å². The van der Waals surface area contributed by atoms with Crippen molar-refractivity contribution in [3.8, 4) is 5.75 Å². The molecule has 0 aliphatic carbocycles. The predicted molar refractivity (Wildman–Crippen MR) is 79.3 cm³/mol. The summed E-state index contributed by atoms with van der Waals surface area (Å²) in [4.78, 5) is 0. The summed E-state index contributed by atoms with van der Waals surface area (Å²) in [7, 11) is 1.64. The summed E-state index contributed by atoms with van der Waals surface area (Å²) in [5.74, 6) is 0.911. The molecule has 5 heteroatoms. The number of amidine groups is 1. The molecule has 0 atom stereocenters. The largest absolute Gasteiger partial charge is 0.497 e. The highest BCUT2D eigenvalue weighted by atomic mass is 16.5. The predicted octanol–water partition coefficient (Wildman–Crippen LogP) is 2.40. The molecule has 0 amide bonds. The lowest BCUT2D eigenvalue weighted by molar-refractivity contribution is 0.318. The standard InChI is InChI=1S/C15H17N3O2/c1-20-14-7-3-6-13(9-14)17-10-11-4-2-5-12(8-11)15(16)18-19/h2-9,17,19H,10H2,1H3,(H2,16,18). The highest BCUT2D eigenvalue weighted by molar-refractivity contribution is 5.97. The van der Waals surface area contributed by atoms with Crippen molar-refractivity contribution in [3.05, 3.63) is 59.7 Å². The van der Waals surface area contributed by atoms with E-state index in [9.17, 15) is 0 Å². The van der Waals surface area contributed by atoms with Crippen molar-refractivity contribution in [3.63, 3.8) is 0 Å². The highest BCUT2D eigenvalue weighted by Gasteiger charge is 2.01. The molecular formula is C15H17N3O2. The normalized spacial score (nSPS) is 11.2. The maximum atomic E-state index is 8.68. The molecule has 0 fully saturated rings. The van der Waals surface area contributed by atoms with E-state index in [0.717, 1.165) is 17.0 Å². The summed E-state index contributed by atoms with van der Waals surface area (Å²) in [6.07, 6.45) is 0. The zero-order valence-electron chi connectivity index (χ0n) is 11.2. The number of hydrogen-bond acceptors (Lipinski definition) is 4. The van der Waals surface area contributed by atoms with Gasteiger partial charge in [0.15, 0.2) is 5.84 Å². The molecule has 20 heavy (non-hydrogen) atoms. The van der Waals surface area contributed by atoms with Gasteiger partial charge in [0.25, 0.3) is 0 Å². The van der Waals surface area contributed by atoms with Crippen molar-refractivity contribution in [1.29, 1.82) is 0 Å². The molecule has 0 bridgehead atoms. The third-order valence-corrected chi connectivity index (χ3v) is 2.90. The molecule has 0 spiro atoms. The van der Waals surface area contributed by atoms with E-state index in [1.807, 2.05) is 42.5 Å². The minimum Gasteiger partial charge on any atom is -0.497 e. The van der Waals surface area contributed by atoms with Crippen LogP contribution in [0.4, 0.5) is 5.69 Å². The van der Waals surface area contributed by atoms with Crippen LogP contribution in [0.3, 0.4) is 0 Å². The highest BCUT2D eigenvalue weighted by Crippen LogP contribution is 2.17. The summed E-state index contributed by atoms with van der Waals surface area (Å²) < 4.78 is 5.17. The molecule has 0 saturated carbocycles. The van der Waals surface area contributed by atoms with E-state index in [-0.39, 0.29) is 5.84 Å². The van der Waals surface area contributed by atoms with Crippen molar-refractivity contribution in [2.45, 2.75) is 6.54 Å². The summed E-state index contributed by atoms with van der Waals surface area (Å²) in [6.45, 7) is 0.639. The lowest BCUT2D eigenvalue weighted by atomic mass is 10.1. The number of oxime groups is 1. The van der Waals surface area contributed by atoms with Crippen LogP contribution in [0.15, 0.2) is 53.7 Å². The Labute approximate surface area is 117 Å². The molecule has 0 heterocycles. The number of anilines is 1. The summed E-state index contributed by atoms with van der Waals surface area (Å²) >= 11 is 0. The Bertz CT molecular complexity index is 612. The number of methoxy groups -OCH3 is 1. The lowest BCUT2D eigenvalue weighted by Crippen LogP contribution is -2.13. The first kappa shape index (κ1) is 13.7. The van der Waals surface area contributed by atoms with Crippen LogP contribution in [-0.2, 0) is 6.54 Å². The van der Waals surface area contributed by atoms with Gasteiger partial charge >= 0.3 is 0 Å². The van der Waals surface area contributed by atoms with Gasteiger partial charge in [-0.2, -0.15) is 0 Å². The number of nitrogens with one attached hydrogen (secondary N) is 1. The molecule has 0 aliphatic heterocycles. The van der Waals surface area contributed by atoms with Crippen molar-refractivity contribution in [2.24, 2.45) is 10.9 Å². The smallest absolute Gasteiger partial charge is 0.170 e. The van der Waals surface area contributed by atoms with E-state index in [2.05, 4.69) is 10.5 Å². The van der Waals surface area contributed by atoms with Gasteiger partial charge in [0.05, 0.1) is 7.11 Å². The molecule has 2 aromatic rings. The van der Waals surface area contributed by atoms with E-state index in [0.29, 0.717) is 12.1 Å². The van der Waals surface area contributed by atoms with Gasteiger partial charge in [0.1, 0.15) is 5.75 Å². The van der Waals surface area contributed by atoms with E-state index >= 15 is 0 Å². The minimum atomic E-state index is 0.105. The van der Waals surface area contributed by atoms with E-state index in [4.69, 9.17) is 15.7 Å². The number of nitrogens with zero attached hydrogens (tertiary/aromatic N) is 1. The Balaban J connectivity index is 2.07. The maximum absolute atomic E-state index is 8.68. The Morgan fingerprint density at radius 3 is 2.80 bits per heavy atom. The second kappa shape index (κ2) is 6.47. The van der Waals surface area contributed by atoms with Crippen molar-refractivity contribution >= 4 is 11.5 Å². The Hall–Kier alpha value is -2.69. The maximum Gasteiger partial charge on any atom is 0.170 e. The van der Waals surface area contributed by atoms with Gasteiger partial charge in [-0.25, -0.2) is 0 Å². The van der Waals surface area contributed by atoms with Crippen molar-refractivity contribution in [2.75, 3.05) is 12.4 Å².